The first-order chi connectivity index (χ1) is 6.33. The summed E-state index contributed by atoms with van der Waals surface area (Å²) in [6, 6.07) is 2.18. The van der Waals surface area contributed by atoms with Crippen molar-refractivity contribution in [1.82, 2.24) is 0 Å². The Bertz CT molecular complexity index is 174. The topological polar surface area (TPSA) is 33.0 Å². The minimum absolute atomic E-state index is 0.505. The summed E-state index contributed by atoms with van der Waals surface area (Å²) in [7, 11) is 0. The first-order valence-corrected chi connectivity index (χ1v) is 5.00. The van der Waals surface area contributed by atoms with Gasteiger partial charge in [0.25, 0.3) is 0 Å². The van der Waals surface area contributed by atoms with Crippen molar-refractivity contribution in [3.8, 4) is 6.07 Å². The first kappa shape index (κ1) is 10.5. The zero-order valence-electron chi connectivity index (χ0n) is 8.17. The molecule has 0 saturated carbocycles. The highest BCUT2D eigenvalue weighted by molar-refractivity contribution is 4.68. The molecule has 73 valence electrons. The van der Waals surface area contributed by atoms with Gasteiger partial charge in [-0.1, -0.05) is 0 Å². The Morgan fingerprint density at radius 3 is 2.54 bits per heavy atom. The van der Waals surface area contributed by atoms with Crippen LogP contribution in [0.2, 0.25) is 0 Å². The lowest BCUT2D eigenvalue weighted by molar-refractivity contribution is -1.11. The van der Waals surface area contributed by atoms with E-state index in [1.807, 2.05) is 0 Å². The number of likely N-dealkylation sites (tertiary alicyclic amines) is 1. The maximum absolute atomic E-state index is 8.55. The van der Waals surface area contributed by atoms with Crippen molar-refractivity contribution in [1.29, 1.82) is 5.26 Å². The Kier molecular flexibility index (Phi) is 4.20. The quantitative estimate of drug-likeness (QED) is 0.619. The fourth-order valence-electron chi connectivity index (χ4n) is 1.95. The Labute approximate surface area is 80.4 Å². The van der Waals surface area contributed by atoms with Gasteiger partial charge in [0.15, 0.2) is 0 Å². The Hall–Kier alpha value is -0.590. The molecule has 0 aliphatic carbocycles. The smallest absolute Gasteiger partial charge is 0.122 e. The highest BCUT2D eigenvalue weighted by Gasteiger charge is 2.31. The fourth-order valence-corrected chi connectivity index (χ4v) is 1.95. The van der Waals surface area contributed by atoms with E-state index in [2.05, 4.69) is 13.0 Å². The number of rotatable bonds is 4. The van der Waals surface area contributed by atoms with Gasteiger partial charge < -0.3 is 0 Å². The monoisotopic (exact) mass is 182 g/mol. The zero-order chi connectivity index (χ0) is 9.57. The van der Waals surface area contributed by atoms with Crippen LogP contribution in [0.3, 0.4) is 0 Å². The summed E-state index contributed by atoms with van der Waals surface area (Å²) >= 11 is 0. The molecule has 1 rings (SSSR count). The van der Waals surface area contributed by atoms with Gasteiger partial charge in [-0.2, -0.15) is 9.91 Å². The van der Waals surface area contributed by atoms with E-state index in [4.69, 9.17) is 10.1 Å². The highest BCUT2D eigenvalue weighted by atomic mass is 16.7. The van der Waals surface area contributed by atoms with E-state index in [0.29, 0.717) is 17.7 Å². The molecule has 0 amide bonds. The van der Waals surface area contributed by atoms with Gasteiger partial charge in [-0.15, -0.1) is 0 Å². The second-order valence-electron chi connectivity index (χ2n) is 3.53. The second kappa shape index (κ2) is 5.21. The van der Waals surface area contributed by atoms with Crippen LogP contribution in [-0.4, -0.2) is 30.9 Å². The molecule has 1 aliphatic rings. The third kappa shape index (κ3) is 2.98. The van der Waals surface area contributed by atoms with Gasteiger partial charge in [-0.25, -0.2) is 4.84 Å². The van der Waals surface area contributed by atoms with Crippen LogP contribution in [0.25, 0.3) is 0 Å². The molecule has 0 aromatic rings. The van der Waals surface area contributed by atoms with E-state index in [9.17, 15) is 0 Å². The molecular weight excluding hydrogens is 164 g/mol. The van der Waals surface area contributed by atoms with Crippen molar-refractivity contribution < 1.29 is 9.48 Å². The molecule has 0 aromatic carbocycles. The van der Waals surface area contributed by atoms with E-state index in [1.54, 1.807) is 0 Å². The minimum Gasteiger partial charge on any atom is -0.203 e. The first-order valence-electron chi connectivity index (χ1n) is 5.00. The van der Waals surface area contributed by atoms with Crippen molar-refractivity contribution in [2.24, 2.45) is 0 Å². The molecule has 1 fully saturated rings. The normalized spacial score (nSPS) is 20.9. The highest BCUT2D eigenvalue weighted by Crippen LogP contribution is 2.19. The molecule has 13 heavy (non-hydrogen) atoms. The predicted molar refractivity (Wildman–Crippen MR) is 50.3 cm³/mol. The average Bonchev–Trinajstić information content (AvgIpc) is 2.17. The fraction of sp³-hybridized carbons (Fsp3) is 0.800. The molecule has 0 N–H and O–H groups in total. The molecule has 0 aromatic heterocycles. The Morgan fingerprint density at radius 1 is 1.31 bits per heavy atom. The summed E-state index contributed by atoms with van der Waals surface area (Å²) in [5, 5.41) is 8.55. The molecule has 3 nitrogen and oxygen atoms in total. The van der Waals surface area contributed by atoms with Crippen molar-refractivity contribution in [2.75, 3.05) is 26.2 Å². The van der Waals surface area contributed by atoms with E-state index in [0.717, 1.165) is 19.6 Å². The molecule has 0 bridgehead atoms. The van der Waals surface area contributed by atoms with Gasteiger partial charge in [0.2, 0.25) is 0 Å². The van der Waals surface area contributed by atoms with Crippen LogP contribution in [0.4, 0.5) is 0 Å². The number of nitrogens with zero attached hydrogens (tertiary/aromatic N) is 2. The van der Waals surface area contributed by atoms with Gasteiger partial charge in [-0.05, 0) is 26.2 Å². The van der Waals surface area contributed by atoms with Crippen LogP contribution in [0, 0.1) is 18.3 Å². The molecule has 0 spiro atoms. The molecule has 1 saturated heterocycles. The molecule has 1 aliphatic heterocycles. The van der Waals surface area contributed by atoms with Gasteiger partial charge >= 0.3 is 0 Å². The minimum atomic E-state index is 0.505. The van der Waals surface area contributed by atoms with Crippen molar-refractivity contribution in [3.63, 3.8) is 0 Å². The van der Waals surface area contributed by atoms with Gasteiger partial charge in [-0.3, -0.25) is 0 Å². The summed E-state index contributed by atoms with van der Waals surface area (Å²) < 4.78 is 0.664. The lowest BCUT2D eigenvalue weighted by Crippen LogP contribution is -2.51. The van der Waals surface area contributed by atoms with Crippen LogP contribution >= 0.6 is 0 Å². The van der Waals surface area contributed by atoms with E-state index >= 15 is 0 Å². The van der Waals surface area contributed by atoms with Crippen LogP contribution in [0.5, 0.6) is 0 Å². The summed E-state index contributed by atoms with van der Waals surface area (Å²) in [6.07, 6.45) is 4.31. The lowest BCUT2D eigenvalue weighted by Gasteiger charge is -2.37. The number of hydroxylamine groups is 3. The van der Waals surface area contributed by atoms with Crippen LogP contribution in [-0.2, 0) is 4.84 Å². The summed E-state index contributed by atoms with van der Waals surface area (Å²) in [6.45, 7) is 7.15. The Balaban J connectivity index is 2.46. The third-order valence-electron chi connectivity index (χ3n) is 2.63. The summed E-state index contributed by atoms with van der Waals surface area (Å²) in [5.74, 6) is 0. The van der Waals surface area contributed by atoms with Crippen molar-refractivity contribution in [3.05, 3.63) is 6.92 Å². The average molecular weight is 182 g/mol. The van der Waals surface area contributed by atoms with Crippen molar-refractivity contribution >= 4 is 0 Å². The van der Waals surface area contributed by atoms with Crippen molar-refractivity contribution in [2.45, 2.75) is 25.7 Å². The zero-order valence-corrected chi connectivity index (χ0v) is 8.17. The number of nitriles is 1. The van der Waals surface area contributed by atoms with E-state index < -0.39 is 0 Å². The van der Waals surface area contributed by atoms with Crippen LogP contribution in [0.1, 0.15) is 25.7 Å². The maximum atomic E-state index is 8.55. The number of quaternary nitrogens is 1. The molecule has 0 unspecified atom stereocenters. The SMILES string of the molecule is [CH2]CO[N+]1(CCC#N)CCCCC1. The lowest BCUT2D eigenvalue weighted by atomic mass is 10.1. The molecule has 1 radical (unpaired) electrons. The van der Waals surface area contributed by atoms with E-state index in [1.165, 1.54) is 19.3 Å². The largest absolute Gasteiger partial charge is 0.203 e. The van der Waals surface area contributed by atoms with E-state index in [-0.39, 0.29) is 0 Å². The Morgan fingerprint density at radius 2 is 2.00 bits per heavy atom. The maximum Gasteiger partial charge on any atom is 0.122 e. The van der Waals surface area contributed by atoms with Gasteiger partial charge in [0.05, 0.1) is 12.5 Å². The third-order valence-corrected chi connectivity index (χ3v) is 2.63. The summed E-state index contributed by atoms with van der Waals surface area (Å²) in [4.78, 5) is 5.65. The summed E-state index contributed by atoms with van der Waals surface area (Å²) in [5.41, 5.74) is 0. The second-order valence-corrected chi connectivity index (χ2v) is 3.53. The molecule has 1 heterocycles. The van der Waals surface area contributed by atoms with Crippen LogP contribution in [0.15, 0.2) is 0 Å². The number of hydrogen-bond acceptors (Lipinski definition) is 2. The molecule has 0 atom stereocenters. The standard InChI is InChI=1S/C10H18N2O/c1-2-13-12(10-6-7-11)8-4-3-5-9-12/h1-6,8-10H2/q+1. The number of piperidine rings is 1. The molecule has 3 heteroatoms. The van der Waals surface area contributed by atoms with Crippen LogP contribution < -0.4 is 0 Å². The molecular formula is C10H18N2O+. The van der Waals surface area contributed by atoms with Gasteiger partial charge in [0.1, 0.15) is 26.2 Å². The number of hydrogen-bond donors (Lipinski definition) is 0. The van der Waals surface area contributed by atoms with Gasteiger partial charge in [0, 0.05) is 0 Å². The predicted octanol–water partition coefficient (Wildman–Crippen LogP) is 1.67.